The van der Waals surface area contributed by atoms with E-state index in [-0.39, 0.29) is 0 Å². The van der Waals surface area contributed by atoms with Gasteiger partial charge in [-0.1, -0.05) is 17.3 Å². The molecule has 4 rings (SSSR count). The van der Waals surface area contributed by atoms with Crippen LogP contribution in [0.2, 0.25) is 0 Å². The molecule has 8 heteroatoms. The van der Waals surface area contributed by atoms with Crippen molar-refractivity contribution < 1.29 is 9.53 Å². The maximum atomic E-state index is 12.4. The summed E-state index contributed by atoms with van der Waals surface area (Å²) in [6, 6.07) is 11.1. The first-order chi connectivity index (χ1) is 12.7. The molecular formula is C18H15N5O2S. The third kappa shape index (κ3) is 2.80. The SMILES string of the molecule is CCOC(=O)c1sc2cccnc2c1-n1cc(-c2ccc(N)cc2)nn1. The zero-order valence-electron chi connectivity index (χ0n) is 13.9. The van der Waals surface area contributed by atoms with E-state index < -0.39 is 5.97 Å². The molecule has 0 radical (unpaired) electrons. The van der Waals surface area contributed by atoms with Gasteiger partial charge in [0.2, 0.25) is 0 Å². The van der Waals surface area contributed by atoms with Gasteiger partial charge < -0.3 is 10.5 Å². The highest BCUT2D eigenvalue weighted by atomic mass is 32.1. The third-order valence-electron chi connectivity index (χ3n) is 3.81. The smallest absolute Gasteiger partial charge is 0.350 e. The van der Waals surface area contributed by atoms with Gasteiger partial charge in [0.1, 0.15) is 21.8 Å². The molecule has 26 heavy (non-hydrogen) atoms. The van der Waals surface area contributed by atoms with Gasteiger partial charge >= 0.3 is 5.97 Å². The summed E-state index contributed by atoms with van der Waals surface area (Å²) in [5, 5.41) is 8.43. The van der Waals surface area contributed by atoms with Crippen molar-refractivity contribution in [3.05, 3.63) is 53.7 Å². The molecule has 0 bridgehead atoms. The lowest BCUT2D eigenvalue weighted by molar-refractivity contribution is 0.0532. The highest BCUT2D eigenvalue weighted by Gasteiger charge is 2.23. The van der Waals surface area contributed by atoms with Crippen LogP contribution in [-0.2, 0) is 4.74 Å². The Bertz CT molecular complexity index is 1080. The summed E-state index contributed by atoms with van der Waals surface area (Å²) in [7, 11) is 0. The number of aromatic nitrogens is 4. The van der Waals surface area contributed by atoms with Gasteiger partial charge in [-0.3, -0.25) is 4.98 Å². The molecule has 0 aliphatic carbocycles. The Morgan fingerprint density at radius 1 is 1.27 bits per heavy atom. The number of anilines is 1. The Morgan fingerprint density at radius 2 is 2.08 bits per heavy atom. The summed E-state index contributed by atoms with van der Waals surface area (Å²) in [5.41, 5.74) is 9.24. The maximum absolute atomic E-state index is 12.4. The van der Waals surface area contributed by atoms with Gasteiger partial charge in [-0.05, 0) is 31.2 Å². The van der Waals surface area contributed by atoms with Crippen molar-refractivity contribution in [2.45, 2.75) is 6.92 Å². The molecule has 3 heterocycles. The van der Waals surface area contributed by atoms with Gasteiger partial charge in [0, 0.05) is 17.4 Å². The van der Waals surface area contributed by atoms with Crippen molar-refractivity contribution in [3.8, 4) is 16.9 Å². The number of carbonyl (C=O) groups excluding carboxylic acids is 1. The van der Waals surface area contributed by atoms with Gasteiger partial charge in [0.25, 0.3) is 0 Å². The first-order valence-corrected chi connectivity index (χ1v) is 8.82. The topological polar surface area (TPSA) is 95.9 Å². The normalized spacial score (nSPS) is 11.0. The van der Waals surface area contributed by atoms with Crippen LogP contribution < -0.4 is 5.73 Å². The van der Waals surface area contributed by atoms with E-state index in [2.05, 4.69) is 15.3 Å². The van der Waals surface area contributed by atoms with Crippen LogP contribution in [0.25, 0.3) is 27.2 Å². The van der Waals surface area contributed by atoms with E-state index in [1.54, 1.807) is 36.1 Å². The molecule has 0 saturated carbocycles. The molecule has 4 aromatic rings. The lowest BCUT2D eigenvalue weighted by Gasteiger charge is -2.03. The number of fused-ring (bicyclic) bond motifs is 1. The second kappa shape index (κ2) is 6.57. The minimum absolute atomic E-state index is 0.300. The highest BCUT2D eigenvalue weighted by molar-refractivity contribution is 7.21. The number of hydrogen-bond donors (Lipinski definition) is 1. The number of nitrogens with zero attached hydrogens (tertiary/aromatic N) is 4. The maximum Gasteiger partial charge on any atom is 0.350 e. The third-order valence-corrected chi connectivity index (χ3v) is 4.93. The quantitative estimate of drug-likeness (QED) is 0.440. The van der Waals surface area contributed by atoms with Crippen LogP contribution in [0.3, 0.4) is 0 Å². The van der Waals surface area contributed by atoms with Gasteiger partial charge in [0.05, 0.1) is 17.5 Å². The van der Waals surface area contributed by atoms with Gasteiger partial charge in [0.15, 0.2) is 0 Å². The summed E-state index contributed by atoms with van der Waals surface area (Å²) in [4.78, 5) is 17.3. The summed E-state index contributed by atoms with van der Waals surface area (Å²) < 4.78 is 7.65. The molecule has 0 unspecified atom stereocenters. The van der Waals surface area contributed by atoms with Crippen LogP contribution in [0, 0.1) is 0 Å². The van der Waals surface area contributed by atoms with Gasteiger partial charge in [-0.2, -0.15) is 0 Å². The summed E-state index contributed by atoms with van der Waals surface area (Å²) in [5.74, 6) is -0.393. The first-order valence-electron chi connectivity index (χ1n) is 8.00. The van der Waals surface area contributed by atoms with Crippen molar-refractivity contribution >= 4 is 33.2 Å². The Hall–Kier alpha value is -3.26. The van der Waals surface area contributed by atoms with E-state index in [0.29, 0.717) is 34.1 Å². The number of ether oxygens (including phenoxy) is 1. The molecule has 2 N–H and O–H groups in total. The lowest BCUT2D eigenvalue weighted by Crippen LogP contribution is -2.07. The predicted octanol–water partition coefficient (Wildman–Crippen LogP) is 3.30. The van der Waals surface area contributed by atoms with Crippen molar-refractivity contribution in [1.82, 2.24) is 20.0 Å². The second-order valence-corrected chi connectivity index (χ2v) is 6.57. The molecule has 0 atom stereocenters. The number of benzene rings is 1. The molecule has 0 spiro atoms. The number of nitrogen functional groups attached to an aromatic ring is 1. The van der Waals surface area contributed by atoms with Crippen molar-refractivity contribution in [3.63, 3.8) is 0 Å². The van der Waals surface area contributed by atoms with E-state index in [4.69, 9.17) is 10.5 Å². The first kappa shape index (κ1) is 16.2. The fourth-order valence-electron chi connectivity index (χ4n) is 2.62. The van der Waals surface area contributed by atoms with Crippen LogP contribution in [0.4, 0.5) is 5.69 Å². The number of pyridine rings is 1. The average molecular weight is 365 g/mol. The Labute approximate surface area is 153 Å². The van der Waals surface area contributed by atoms with E-state index in [9.17, 15) is 4.79 Å². The number of hydrogen-bond acceptors (Lipinski definition) is 7. The molecule has 0 aliphatic rings. The fraction of sp³-hybridized carbons (Fsp3) is 0.111. The highest BCUT2D eigenvalue weighted by Crippen LogP contribution is 2.33. The lowest BCUT2D eigenvalue weighted by atomic mass is 10.1. The summed E-state index contributed by atoms with van der Waals surface area (Å²) in [6.07, 6.45) is 3.45. The second-order valence-electron chi connectivity index (χ2n) is 5.52. The number of nitrogens with two attached hydrogens (primary N) is 1. The molecule has 0 aliphatic heterocycles. The predicted molar refractivity (Wildman–Crippen MR) is 100 cm³/mol. The Balaban J connectivity index is 1.85. The molecule has 3 aromatic heterocycles. The Kier molecular flexibility index (Phi) is 4.10. The Morgan fingerprint density at radius 3 is 2.85 bits per heavy atom. The van der Waals surface area contributed by atoms with E-state index in [1.807, 2.05) is 24.3 Å². The van der Waals surface area contributed by atoms with E-state index in [1.165, 1.54) is 11.3 Å². The summed E-state index contributed by atoms with van der Waals surface area (Å²) >= 11 is 1.33. The molecule has 130 valence electrons. The van der Waals surface area contributed by atoms with Gasteiger partial charge in [-0.15, -0.1) is 16.4 Å². The van der Waals surface area contributed by atoms with Crippen LogP contribution in [0.15, 0.2) is 48.8 Å². The summed E-state index contributed by atoms with van der Waals surface area (Å²) in [6.45, 7) is 2.08. The largest absolute Gasteiger partial charge is 0.462 e. The molecule has 1 aromatic carbocycles. The van der Waals surface area contributed by atoms with Crippen molar-refractivity contribution in [1.29, 1.82) is 0 Å². The standard InChI is InChI=1S/C18H15N5O2S/c1-2-25-18(24)17-16(15-14(26-17)4-3-9-20-15)23-10-13(21-22-23)11-5-7-12(19)8-6-11/h3-10H,2,19H2,1H3. The van der Waals surface area contributed by atoms with Crippen LogP contribution in [0.5, 0.6) is 0 Å². The number of carbonyl (C=O) groups is 1. The van der Waals surface area contributed by atoms with E-state index >= 15 is 0 Å². The average Bonchev–Trinajstić information content (AvgIpc) is 3.27. The monoisotopic (exact) mass is 365 g/mol. The molecule has 7 nitrogen and oxygen atoms in total. The zero-order valence-corrected chi connectivity index (χ0v) is 14.7. The zero-order chi connectivity index (χ0) is 18.1. The number of rotatable bonds is 4. The molecule has 0 fully saturated rings. The van der Waals surface area contributed by atoms with Gasteiger partial charge in [-0.25, -0.2) is 9.48 Å². The number of thiophene rings is 1. The minimum Gasteiger partial charge on any atom is -0.462 e. The minimum atomic E-state index is -0.393. The van der Waals surface area contributed by atoms with Crippen molar-refractivity contribution in [2.75, 3.05) is 12.3 Å². The van der Waals surface area contributed by atoms with Crippen LogP contribution in [0.1, 0.15) is 16.6 Å². The van der Waals surface area contributed by atoms with E-state index in [0.717, 1.165) is 10.3 Å². The van der Waals surface area contributed by atoms with Crippen LogP contribution >= 0.6 is 11.3 Å². The molecule has 0 amide bonds. The van der Waals surface area contributed by atoms with Crippen LogP contribution in [-0.4, -0.2) is 32.6 Å². The van der Waals surface area contributed by atoms with Crippen molar-refractivity contribution in [2.24, 2.45) is 0 Å². The fourth-order valence-corrected chi connectivity index (χ4v) is 3.67. The number of esters is 1. The molecule has 0 saturated heterocycles. The molecular weight excluding hydrogens is 350 g/mol.